The SMILES string of the molecule is O=C(O)c1nc(-c2ccccc2)n(CO)n1. The molecule has 2 rings (SSSR count). The second kappa shape index (κ2) is 4.11. The maximum atomic E-state index is 10.7. The number of aliphatic hydroxyl groups excluding tert-OH is 1. The highest BCUT2D eigenvalue weighted by Crippen LogP contribution is 2.16. The number of benzene rings is 1. The number of carboxylic acids is 1. The number of nitrogens with zero attached hydrogens (tertiary/aromatic N) is 3. The lowest BCUT2D eigenvalue weighted by Gasteiger charge is -2.00. The molecule has 0 radical (unpaired) electrons. The minimum atomic E-state index is -1.22. The molecular formula is C10H9N3O3. The Morgan fingerprint density at radius 2 is 2.00 bits per heavy atom. The largest absolute Gasteiger partial charge is 0.475 e. The highest BCUT2D eigenvalue weighted by molar-refractivity contribution is 5.83. The van der Waals surface area contributed by atoms with Gasteiger partial charge in [0.1, 0.15) is 6.73 Å². The van der Waals surface area contributed by atoms with Crippen LogP contribution in [0, 0.1) is 0 Å². The zero-order chi connectivity index (χ0) is 11.5. The number of carboxylic acid groups (broad SMARTS) is 1. The van der Waals surface area contributed by atoms with Crippen molar-refractivity contribution in [2.45, 2.75) is 6.73 Å². The van der Waals surface area contributed by atoms with Crippen LogP contribution >= 0.6 is 0 Å². The van der Waals surface area contributed by atoms with E-state index in [1.54, 1.807) is 24.3 Å². The van der Waals surface area contributed by atoms with Crippen LogP contribution in [0.1, 0.15) is 10.6 Å². The van der Waals surface area contributed by atoms with Crippen LogP contribution < -0.4 is 0 Å². The van der Waals surface area contributed by atoms with E-state index in [0.29, 0.717) is 11.4 Å². The molecule has 82 valence electrons. The molecule has 0 aliphatic heterocycles. The first-order valence-electron chi connectivity index (χ1n) is 4.57. The molecule has 0 aliphatic carbocycles. The topological polar surface area (TPSA) is 88.2 Å². The van der Waals surface area contributed by atoms with Gasteiger partial charge in [0.25, 0.3) is 5.82 Å². The first-order chi connectivity index (χ1) is 7.72. The maximum absolute atomic E-state index is 10.7. The predicted octanol–water partition coefficient (Wildman–Crippen LogP) is 0.593. The minimum absolute atomic E-state index is 0.326. The molecule has 0 saturated carbocycles. The van der Waals surface area contributed by atoms with Gasteiger partial charge < -0.3 is 10.2 Å². The highest BCUT2D eigenvalue weighted by atomic mass is 16.4. The van der Waals surface area contributed by atoms with Gasteiger partial charge in [0.05, 0.1) is 0 Å². The van der Waals surface area contributed by atoms with Crippen molar-refractivity contribution < 1.29 is 15.0 Å². The third-order valence-electron chi connectivity index (χ3n) is 2.03. The zero-order valence-electron chi connectivity index (χ0n) is 8.24. The number of hydrogen-bond donors (Lipinski definition) is 2. The molecule has 0 fully saturated rings. The average molecular weight is 219 g/mol. The Morgan fingerprint density at radius 3 is 2.56 bits per heavy atom. The number of aromatic nitrogens is 3. The van der Waals surface area contributed by atoms with Crippen molar-refractivity contribution in [3.05, 3.63) is 36.2 Å². The van der Waals surface area contributed by atoms with E-state index in [-0.39, 0.29) is 5.82 Å². The summed E-state index contributed by atoms with van der Waals surface area (Å²) in [6, 6.07) is 8.96. The van der Waals surface area contributed by atoms with E-state index in [9.17, 15) is 4.79 Å². The molecule has 0 aliphatic rings. The van der Waals surface area contributed by atoms with Crippen LogP contribution in [0.15, 0.2) is 30.3 Å². The molecule has 1 aromatic heterocycles. The van der Waals surface area contributed by atoms with E-state index < -0.39 is 12.7 Å². The highest BCUT2D eigenvalue weighted by Gasteiger charge is 2.15. The molecule has 6 heteroatoms. The van der Waals surface area contributed by atoms with Gasteiger partial charge >= 0.3 is 5.97 Å². The molecule has 6 nitrogen and oxygen atoms in total. The smallest absolute Gasteiger partial charge is 0.375 e. The van der Waals surface area contributed by atoms with Crippen LogP contribution in [0.25, 0.3) is 11.4 Å². The fourth-order valence-corrected chi connectivity index (χ4v) is 1.33. The van der Waals surface area contributed by atoms with Gasteiger partial charge in [-0.25, -0.2) is 14.5 Å². The summed E-state index contributed by atoms with van der Waals surface area (Å²) >= 11 is 0. The van der Waals surface area contributed by atoms with Crippen LogP contribution in [-0.4, -0.2) is 30.9 Å². The Bertz CT molecular complexity index is 507. The van der Waals surface area contributed by atoms with Crippen molar-refractivity contribution in [3.8, 4) is 11.4 Å². The fraction of sp³-hybridized carbons (Fsp3) is 0.100. The number of aliphatic hydroxyl groups is 1. The Labute approximate surface area is 90.8 Å². The van der Waals surface area contributed by atoms with Crippen LogP contribution in [0.4, 0.5) is 0 Å². The number of carbonyl (C=O) groups is 1. The summed E-state index contributed by atoms with van der Waals surface area (Å²) in [5, 5.41) is 21.4. The molecule has 0 bridgehead atoms. The Morgan fingerprint density at radius 1 is 1.31 bits per heavy atom. The predicted molar refractivity (Wildman–Crippen MR) is 54.6 cm³/mol. The third-order valence-corrected chi connectivity index (χ3v) is 2.03. The van der Waals surface area contributed by atoms with Gasteiger partial charge in [-0.2, -0.15) is 0 Å². The summed E-state index contributed by atoms with van der Waals surface area (Å²) in [4.78, 5) is 14.5. The Hall–Kier alpha value is -2.21. The molecular weight excluding hydrogens is 210 g/mol. The van der Waals surface area contributed by atoms with Crippen LogP contribution in [0.3, 0.4) is 0 Å². The third kappa shape index (κ3) is 1.78. The van der Waals surface area contributed by atoms with Gasteiger partial charge in [-0.15, -0.1) is 5.10 Å². The number of rotatable bonds is 3. The van der Waals surface area contributed by atoms with E-state index in [4.69, 9.17) is 10.2 Å². The number of aromatic carboxylic acids is 1. The monoisotopic (exact) mass is 219 g/mol. The van der Waals surface area contributed by atoms with Crippen molar-refractivity contribution in [1.29, 1.82) is 0 Å². The van der Waals surface area contributed by atoms with Gasteiger partial charge in [-0.05, 0) is 0 Å². The first-order valence-corrected chi connectivity index (χ1v) is 4.57. The Kier molecular flexibility index (Phi) is 2.65. The Balaban J connectivity index is 2.52. The molecule has 0 saturated heterocycles. The lowest BCUT2D eigenvalue weighted by atomic mass is 10.2. The van der Waals surface area contributed by atoms with E-state index in [0.717, 1.165) is 4.68 Å². The van der Waals surface area contributed by atoms with E-state index in [2.05, 4.69) is 10.1 Å². The average Bonchev–Trinajstić information content (AvgIpc) is 2.74. The summed E-state index contributed by atoms with van der Waals surface area (Å²) in [6.07, 6.45) is 0. The van der Waals surface area contributed by atoms with Gasteiger partial charge in [0, 0.05) is 5.56 Å². The van der Waals surface area contributed by atoms with Crippen LogP contribution in [0.2, 0.25) is 0 Å². The van der Waals surface area contributed by atoms with Crippen molar-refractivity contribution in [2.24, 2.45) is 0 Å². The van der Waals surface area contributed by atoms with E-state index >= 15 is 0 Å². The lowest BCUT2D eigenvalue weighted by molar-refractivity contribution is 0.0682. The van der Waals surface area contributed by atoms with Crippen molar-refractivity contribution in [2.75, 3.05) is 0 Å². The van der Waals surface area contributed by atoms with Crippen molar-refractivity contribution in [3.63, 3.8) is 0 Å². The summed E-state index contributed by atoms with van der Waals surface area (Å²) in [5.41, 5.74) is 0.705. The molecule has 16 heavy (non-hydrogen) atoms. The maximum Gasteiger partial charge on any atom is 0.375 e. The second-order valence-corrected chi connectivity index (χ2v) is 3.07. The molecule has 2 aromatic rings. The van der Waals surface area contributed by atoms with Crippen molar-refractivity contribution in [1.82, 2.24) is 14.8 Å². The molecule has 0 atom stereocenters. The normalized spacial score (nSPS) is 10.3. The first kappa shape index (κ1) is 10.3. The fourth-order valence-electron chi connectivity index (χ4n) is 1.33. The van der Waals surface area contributed by atoms with Gasteiger partial charge in [0.15, 0.2) is 5.82 Å². The molecule has 1 heterocycles. The molecule has 0 amide bonds. The van der Waals surface area contributed by atoms with Crippen LogP contribution in [0.5, 0.6) is 0 Å². The van der Waals surface area contributed by atoms with Gasteiger partial charge in [-0.1, -0.05) is 30.3 Å². The summed E-state index contributed by atoms with van der Waals surface area (Å²) in [5.74, 6) is -1.21. The van der Waals surface area contributed by atoms with Gasteiger partial charge in [0.2, 0.25) is 0 Å². The quantitative estimate of drug-likeness (QED) is 0.788. The zero-order valence-corrected chi connectivity index (χ0v) is 8.24. The minimum Gasteiger partial charge on any atom is -0.475 e. The summed E-state index contributed by atoms with van der Waals surface area (Å²) < 4.78 is 1.14. The summed E-state index contributed by atoms with van der Waals surface area (Å²) in [6.45, 7) is -0.412. The van der Waals surface area contributed by atoms with E-state index in [1.165, 1.54) is 0 Å². The molecule has 2 N–H and O–H groups in total. The molecule has 0 spiro atoms. The second-order valence-electron chi connectivity index (χ2n) is 3.07. The van der Waals surface area contributed by atoms with E-state index in [1.807, 2.05) is 6.07 Å². The molecule has 1 aromatic carbocycles. The van der Waals surface area contributed by atoms with Gasteiger partial charge in [-0.3, -0.25) is 0 Å². The summed E-state index contributed by atoms with van der Waals surface area (Å²) in [7, 11) is 0. The molecule has 0 unspecified atom stereocenters. The number of hydrogen-bond acceptors (Lipinski definition) is 4. The van der Waals surface area contributed by atoms with Crippen molar-refractivity contribution >= 4 is 5.97 Å². The lowest BCUT2D eigenvalue weighted by Crippen LogP contribution is -2.03. The standard InChI is InChI=1S/C10H9N3O3/c14-6-13-9(7-4-2-1-3-5-7)11-8(12-13)10(15)16/h1-5,14H,6H2,(H,15,16). The van der Waals surface area contributed by atoms with Crippen LogP contribution in [-0.2, 0) is 6.73 Å².